The van der Waals surface area contributed by atoms with E-state index < -0.39 is 6.10 Å². The van der Waals surface area contributed by atoms with Gasteiger partial charge in [0, 0.05) is 17.7 Å². The van der Waals surface area contributed by atoms with Gasteiger partial charge in [0.25, 0.3) is 0 Å². The summed E-state index contributed by atoms with van der Waals surface area (Å²) in [6.45, 7) is 0. The van der Waals surface area contributed by atoms with E-state index in [1.165, 1.54) is 20.3 Å². The molecule has 3 rings (SSSR count). The molecule has 0 spiro atoms. The lowest BCUT2D eigenvalue weighted by Crippen LogP contribution is -2.21. The molecule has 2 aromatic rings. The number of carbonyl (C=O) groups is 1. The van der Waals surface area contributed by atoms with Gasteiger partial charge in [-0.2, -0.15) is 0 Å². The van der Waals surface area contributed by atoms with E-state index in [9.17, 15) is 9.90 Å². The van der Waals surface area contributed by atoms with E-state index >= 15 is 0 Å². The van der Waals surface area contributed by atoms with Gasteiger partial charge in [-0.1, -0.05) is 12.1 Å². The van der Waals surface area contributed by atoms with E-state index in [1.807, 2.05) is 12.1 Å². The molecule has 0 amide bonds. The summed E-state index contributed by atoms with van der Waals surface area (Å²) in [4.78, 5) is 12.5. The fourth-order valence-electron chi connectivity index (χ4n) is 2.87. The number of ether oxygens (including phenoxy) is 4. The Balaban J connectivity index is 2.05. The zero-order valence-corrected chi connectivity index (χ0v) is 13.7. The van der Waals surface area contributed by atoms with Crippen molar-refractivity contribution >= 4 is 5.78 Å². The number of aromatic hydroxyl groups is 1. The number of hydrogen-bond donors (Lipinski definition) is 1. The Bertz CT molecular complexity index is 783. The lowest BCUT2D eigenvalue weighted by Gasteiger charge is -2.27. The number of ketones is 1. The van der Waals surface area contributed by atoms with Crippen molar-refractivity contribution in [3.05, 3.63) is 41.5 Å². The van der Waals surface area contributed by atoms with E-state index in [-0.39, 0.29) is 29.3 Å². The van der Waals surface area contributed by atoms with Crippen molar-refractivity contribution < 1.29 is 28.8 Å². The van der Waals surface area contributed by atoms with Gasteiger partial charge in [0.2, 0.25) is 0 Å². The van der Waals surface area contributed by atoms with Gasteiger partial charge in [-0.25, -0.2) is 0 Å². The molecule has 126 valence electrons. The van der Waals surface area contributed by atoms with Crippen LogP contribution < -0.4 is 18.9 Å². The first-order valence-electron chi connectivity index (χ1n) is 7.40. The van der Waals surface area contributed by atoms with E-state index in [0.717, 1.165) is 0 Å². The molecule has 1 heterocycles. The number of para-hydroxylation sites is 1. The van der Waals surface area contributed by atoms with Crippen LogP contribution in [0.3, 0.4) is 0 Å². The summed E-state index contributed by atoms with van der Waals surface area (Å²) in [6.07, 6.45) is -0.447. The topological polar surface area (TPSA) is 74.2 Å². The second-order valence-electron chi connectivity index (χ2n) is 5.34. The summed E-state index contributed by atoms with van der Waals surface area (Å²) in [5.41, 5.74) is 0.882. The zero-order chi connectivity index (χ0) is 17.3. The van der Waals surface area contributed by atoms with Gasteiger partial charge < -0.3 is 24.1 Å². The summed E-state index contributed by atoms with van der Waals surface area (Å²) in [5, 5.41) is 10.1. The van der Waals surface area contributed by atoms with E-state index in [0.29, 0.717) is 22.8 Å². The normalized spacial score (nSPS) is 16.1. The molecule has 6 heteroatoms. The lowest BCUT2D eigenvalue weighted by molar-refractivity contribution is 0.0841. The molecule has 1 aliphatic rings. The molecule has 0 saturated carbocycles. The van der Waals surface area contributed by atoms with Gasteiger partial charge in [0.1, 0.15) is 28.9 Å². The van der Waals surface area contributed by atoms with Crippen LogP contribution in [-0.4, -0.2) is 32.2 Å². The highest BCUT2D eigenvalue weighted by atomic mass is 16.5. The molecule has 1 aliphatic heterocycles. The summed E-state index contributed by atoms with van der Waals surface area (Å²) in [6, 6.07) is 8.39. The Morgan fingerprint density at radius 1 is 1.12 bits per heavy atom. The average Bonchev–Trinajstić information content (AvgIpc) is 2.59. The molecule has 0 saturated heterocycles. The zero-order valence-electron chi connectivity index (χ0n) is 13.7. The maximum Gasteiger partial charge on any atom is 0.174 e. The number of Topliss-reactive ketones (excluding diaryl/α,β-unsaturated/α-hetero) is 1. The number of carbonyl (C=O) groups excluding carboxylic acids is 1. The number of methoxy groups -OCH3 is 3. The third kappa shape index (κ3) is 2.60. The minimum absolute atomic E-state index is 0.0937. The van der Waals surface area contributed by atoms with Crippen LogP contribution in [0.15, 0.2) is 30.3 Å². The molecule has 1 atom stereocenters. The minimum atomic E-state index is -0.540. The summed E-state index contributed by atoms with van der Waals surface area (Å²) in [7, 11) is 4.57. The first kappa shape index (κ1) is 16.0. The third-order valence-electron chi connectivity index (χ3n) is 3.99. The van der Waals surface area contributed by atoms with Crippen LogP contribution in [0.1, 0.15) is 28.4 Å². The number of phenols is 1. The predicted octanol–water partition coefficient (Wildman–Crippen LogP) is 3.12. The Morgan fingerprint density at radius 3 is 2.58 bits per heavy atom. The predicted molar refractivity (Wildman–Crippen MR) is 86.5 cm³/mol. The molecule has 0 aromatic heterocycles. The maximum atomic E-state index is 12.5. The Morgan fingerprint density at radius 2 is 1.92 bits per heavy atom. The van der Waals surface area contributed by atoms with Crippen molar-refractivity contribution in [1.82, 2.24) is 0 Å². The smallest absolute Gasteiger partial charge is 0.174 e. The quantitative estimate of drug-likeness (QED) is 0.928. The monoisotopic (exact) mass is 330 g/mol. The van der Waals surface area contributed by atoms with Crippen LogP contribution in [0.4, 0.5) is 0 Å². The van der Waals surface area contributed by atoms with E-state index in [1.54, 1.807) is 19.2 Å². The van der Waals surface area contributed by atoms with Gasteiger partial charge in [0.15, 0.2) is 17.3 Å². The molecule has 24 heavy (non-hydrogen) atoms. The standard InChI is InChI=1S/C18H18O6/c1-21-10-7-12(19)17-13(20)9-15(24-16(17)8-10)11-5-4-6-14(22-2)18(11)23-3/h4-8,15,19H,9H2,1-3H3/t15-/m0/s1. The first-order chi connectivity index (χ1) is 11.6. The fraction of sp³-hybridized carbons (Fsp3) is 0.278. The number of rotatable bonds is 4. The van der Waals surface area contributed by atoms with Crippen molar-refractivity contribution in [3.63, 3.8) is 0 Å². The second kappa shape index (κ2) is 6.31. The number of fused-ring (bicyclic) bond motifs is 1. The Hall–Kier alpha value is -2.89. The van der Waals surface area contributed by atoms with E-state index in [2.05, 4.69) is 0 Å². The second-order valence-corrected chi connectivity index (χ2v) is 5.34. The van der Waals surface area contributed by atoms with Crippen LogP contribution in [0, 0.1) is 0 Å². The minimum Gasteiger partial charge on any atom is -0.507 e. The van der Waals surface area contributed by atoms with Crippen LogP contribution >= 0.6 is 0 Å². The van der Waals surface area contributed by atoms with Gasteiger partial charge in [-0.15, -0.1) is 0 Å². The SMILES string of the molecule is COc1cc(O)c2c(c1)O[C@H](c1cccc(OC)c1OC)CC2=O. The van der Waals surface area contributed by atoms with Crippen molar-refractivity contribution in [2.45, 2.75) is 12.5 Å². The fourth-order valence-corrected chi connectivity index (χ4v) is 2.87. The van der Waals surface area contributed by atoms with Crippen LogP contribution in [-0.2, 0) is 0 Å². The van der Waals surface area contributed by atoms with Crippen LogP contribution in [0.5, 0.6) is 28.7 Å². The molecule has 0 bridgehead atoms. The van der Waals surface area contributed by atoms with Crippen molar-refractivity contribution in [1.29, 1.82) is 0 Å². The maximum absolute atomic E-state index is 12.5. The molecular weight excluding hydrogens is 312 g/mol. The van der Waals surface area contributed by atoms with Gasteiger partial charge in [-0.05, 0) is 6.07 Å². The van der Waals surface area contributed by atoms with Crippen LogP contribution in [0.2, 0.25) is 0 Å². The molecule has 0 aliphatic carbocycles. The summed E-state index contributed by atoms with van der Waals surface area (Å²) >= 11 is 0. The molecular formula is C18H18O6. The van der Waals surface area contributed by atoms with Gasteiger partial charge >= 0.3 is 0 Å². The summed E-state index contributed by atoms with van der Waals surface area (Å²) < 4.78 is 21.8. The molecule has 0 fully saturated rings. The largest absolute Gasteiger partial charge is 0.507 e. The highest BCUT2D eigenvalue weighted by Gasteiger charge is 2.33. The van der Waals surface area contributed by atoms with Crippen LogP contribution in [0.25, 0.3) is 0 Å². The van der Waals surface area contributed by atoms with E-state index in [4.69, 9.17) is 18.9 Å². The highest BCUT2D eigenvalue weighted by Crippen LogP contribution is 2.45. The first-order valence-corrected chi connectivity index (χ1v) is 7.40. The Kier molecular flexibility index (Phi) is 4.20. The van der Waals surface area contributed by atoms with Gasteiger partial charge in [0.05, 0.1) is 27.8 Å². The van der Waals surface area contributed by atoms with Crippen molar-refractivity contribution in [3.8, 4) is 28.7 Å². The molecule has 6 nitrogen and oxygen atoms in total. The number of phenolic OH excluding ortho intramolecular Hbond substituents is 1. The number of hydrogen-bond acceptors (Lipinski definition) is 6. The highest BCUT2D eigenvalue weighted by molar-refractivity contribution is 6.02. The average molecular weight is 330 g/mol. The third-order valence-corrected chi connectivity index (χ3v) is 3.99. The molecule has 0 unspecified atom stereocenters. The van der Waals surface area contributed by atoms with Crippen molar-refractivity contribution in [2.75, 3.05) is 21.3 Å². The van der Waals surface area contributed by atoms with Crippen molar-refractivity contribution in [2.24, 2.45) is 0 Å². The lowest BCUT2D eigenvalue weighted by atomic mass is 9.94. The summed E-state index contributed by atoms with van der Waals surface area (Å²) in [5.74, 6) is 1.44. The number of benzene rings is 2. The molecule has 2 aromatic carbocycles. The Labute approximate surface area is 139 Å². The molecule has 0 radical (unpaired) electrons. The molecule has 1 N–H and O–H groups in total. The van der Waals surface area contributed by atoms with Gasteiger partial charge in [-0.3, -0.25) is 4.79 Å².